The van der Waals surface area contributed by atoms with Gasteiger partial charge in [0.1, 0.15) is 0 Å². The molecule has 0 unspecified atom stereocenters. The number of rotatable bonds is 2. The Morgan fingerprint density at radius 3 is 2.24 bits per heavy atom. The lowest BCUT2D eigenvalue weighted by molar-refractivity contribution is 0.251. The highest BCUT2D eigenvalue weighted by Gasteiger charge is 2.13. The van der Waals surface area contributed by atoms with Crippen molar-refractivity contribution < 1.29 is 9.21 Å². The van der Waals surface area contributed by atoms with Crippen LogP contribution in [0.25, 0.3) is 11.3 Å². The van der Waals surface area contributed by atoms with Gasteiger partial charge in [0.05, 0.1) is 6.20 Å². The van der Waals surface area contributed by atoms with Gasteiger partial charge in [0, 0.05) is 11.3 Å². The van der Waals surface area contributed by atoms with Gasteiger partial charge in [0.25, 0.3) is 0 Å². The van der Waals surface area contributed by atoms with E-state index in [0.717, 1.165) is 10.1 Å². The molecule has 0 aliphatic carbocycles. The molecule has 0 saturated carbocycles. The maximum absolute atomic E-state index is 12.1. The van der Waals surface area contributed by atoms with Crippen molar-refractivity contribution in [3.05, 3.63) is 77.4 Å². The number of hydrogen-bond donors (Lipinski definition) is 1. The second-order valence-electron chi connectivity index (χ2n) is 4.39. The Kier molecular flexibility index (Phi) is 3.39. The van der Waals surface area contributed by atoms with E-state index in [1.807, 2.05) is 24.3 Å². The molecule has 3 rings (SSSR count). The molecule has 0 spiro atoms. The third kappa shape index (κ3) is 2.76. The number of oxazole rings is 1. The van der Waals surface area contributed by atoms with Gasteiger partial charge in [0.15, 0.2) is 5.76 Å². The molecule has 0 radical (unpaired) electrons. The van der Waals surface area contributed by atoms with Gasteiger partial charge in [0.2, 0.25) is 0 Å². The molecule has 1 aromatic heterocycles. The zero-order chi connectivity index (χ0) is 14.7. The summed E-state index contributed by atoms with van der Waals surface area (Å²) in [6.07, 6.45) is 1.38. The summed E-state index contributed by atoms with van der Waals surface area (Å²) in [6, 6.07) is 17.5. The van der Waals surface area contributed by atoms with E-state index >= 15 is 0 Å². The van der Waals surface area contributed by atoms with Gasteiger partial charge in [-0.15, -0.1) is 0 Å². The number of carbonyl (C=O) groups is 1. The van der Waals surface area contributed by atoms with Crippen molar-refractivity contribution in [3.63, 3.8) is 0 Å². The van der Waals surface area contributed by atoms with Crippen LogP contribution < -0.4 is 11.1 Å². The van der Waals surface area contributed by atoms with E-state index in [4.69, 9.17) is 4.42 Å². The summed E-state index contributed by atoms with van der Waals surface area (Å²) < 4.78 is 6.02. The van der Waals surface area contributed by atoms with Gasteiger partial charge in [-0.3, -0.25) is 0 Å². The number of amides is 1. The minimum atomic E-state index is -0.720. The van der Waals surface area contributed by atoms with E-state index in [1.165, 1.54) is 6.20 Å². The fourth-order valence-electron chi connectivity index (χ4n) is 1.92. The molecule has 5 heteroatoms. The summed E-state index contributed by atoms with van der Waals surface area (Å²) in [6.45, 7) is 0. The average molecular weight is 280 g/mol. The van der Waals surface area contributed by atoms with E-state index < -0.39 is 11.8 Å². The molecule has 1 heterocycles. The SMILES string of the molecule is O=C(Nc1ccccc1)n1cc(-c2ccccc2)oc1=O. The van der Waals surface area contributed by atoms with E-state index in [2.05, 4.69) is 5.32 Å². The van der Waals surface area contributed by atoms with Crippen molar-refractivity contribution in [3.8, 4) is 11.3 Å². The first-order valence-corrected chi connectivity index (χ1v) is 6.38. The van der Waals surface area contributed by atoms with Gasteiger partial charge in [-0.2, -0.15) is 4.57 Å². The molecule has 0 bridgehead atoms. The van der Waals surface area contributed by atoms with Gasteiger partial charge in [-0.1, -0.05) is 48.5 Å². The molecule has 0 aliphatic heterocycles. The number of nitrogens with zero attached hydrogens (tertiary/aromatic N) is 1. The molecular weight excluding hydrogens is 268 g/mol. The topological polar surface area (TPSA) is 64.2 Å². The Labute approximate surface area is 120 Å². The van der Waals surface area contributed by atoms with Crippen molar-refractivity contribution >= 4 is 11.7 Å². The maximum atomic E-state index is 12.1. The van der Waals surface area contributed by atoms with Crippen LogP contribution >= 0.6 is 0 Å². The predicted molar refractivity (Wildman–Crippen MR) is 79.3 cm³/mol. The Bertz CT molecular complexity index is 804. The van der Waals surface area contributed by atoms with Crippen LogP contribution in [0.2, 0.25) is 0 Å². The first kappa shape index (κ1) is 12.9. The molecule has 5 nitrogen and oxygen atoms in total. The van der Waals surface area contributed by atoms with Crippen molar-refractivity contribution in [2.75, 3.05) is 5.32 Å². The van der Waals surface area contributed by atoms with Crippen LogP contribution in [0.15, 0.2) is 76.1 Å². The van der Waals surface area contributed by atoms with Crippen LogP contribution in [-0.2, 0) is 0 Å². The summed E-state index contributed by atoms with van der Waals surface area (Å²) in [5.74, 6) is -0.369. The average Bonchev–Trinajstić information content (AvgIpc) is 2.91. The number of nitrogens with one attached hydrogen (secondary N) is 1. The fraction of sp³-hybridized carbons (Fsp3) is 0. The lowest BCUT2D eigenvalue weighted by Crippen LogP contribution is -2.27. The summed E-state index contributed by atoms with van der Waals surface area (Å²) >= 11 is 0. The monoisotopic (exact) mass is 280 g/mol. The lowest BCUT2D eigenvalue weighted by Gasteiger charge is -2.02. The van der Waals surface area contributed by atoms with Crippen molar-refractivity contribution in [1.29, 1.82) is 0 Å². The zero-order valence-electron chi connectivity index (χ0n) is 11.0. The number of hydrogen-bond acceptors (Lipinski definition) is 3. The van der Waals surface area contributed by atoms with Crippen LogP contribution in [0.5, 0.6) is 0 Å². The van der Waals surface area contributed by atoms with Crippen LogP contribution in [-0.4, -0.2) is 10.6 Å². The summed E-state index contributed by atoms with van der Waals surface area (Å²) in [5, 5.41) is 2.63. The van der Waals surface area contributed by atoms with E-state index in [1.54, 1.807) is 36.4 Å². The number of anilines is 1. The molecule has 21 heavy (non-hydrogen) atoms. The summed E-state index contributed by atoms with van der Waals surface area (Å²) in [4.78, 5) is 23.9. The predicted octanol–water partition coefficient (Wildman–Crippen LogP) is 3.19. The van der Waals surface area contributed by atoms with Crippen molar-refractivity contribution in [1.82, 2.24) is 4.57 Å². The van der Waals surface area contributed by atoms with Gasteiger partial charge >= 0.3 is 11.8 Å². The Balaban J connectivity index is 1.88. The third-order valence-corrected chi connectivity index (χ3v) is 2.94. The molecule has 3 aromatic rings. The zero-order valence-corrected chi connectivity index (χ0v) is 11.0. The molecular formula is C16H12N2O3. The lowest BCUT2D eigenvalue weighted by atomic mass is 10.2. The van der Waals surface area contributed by atoms with E-state index in [9.17, 15) is 9.59 Å². The quantitative estimate of drug-likeness (QED) is 0.784. The molecule has 104 valence electrons. The Morgan fingerprint density at radius 1 is 0.952 bits per heavy atom. The van der Waals surface area contributed by atoms with Crippen LogP contribution in [0.3, 0.4) is 0 Å². The molecule has 0 fully saturated rings. The van der Waals surface area contributed by atoms with Crippen LogP contribution in [0, 0.1) is 0 Å². The number of aromatic nitrogens is 1. The summed E-state index contributed by atoms with van der Waals surface area (Å²) in [5.41, 5.74) is 1.35. The third-order valence-electron chi connectivity index (χ3n) is 2.94. The second-order valence-corrected chi connectivity index (χ2v) is 4.39. The molecule has 0 atom stereocenters. The Hall–Kier alpha value is -3.08. The second kappa shape index (κ2) is 5.50. The number of para-hydroxylation sites is 1. The molecule has 0 aliphatic rings. The maximum Gasteiger partial charge on any atom is 0.427 e. The van der Waals surface area contributed by atoms with Gasteiger partial charge in [-0.25, -0.2) is 9.59 Å². The minimum absolute atomic E-state index is 0.351. The molecule has 1 N–H and O–H groups in total. The molecule has 1 amide bonds. The molecule has 2 aromatic carbocycles. The largest absolute Gasteiger partial charge is 0.427 e. The highest BCUT2D eigenvalue weighted by atomic mass is 16.4. The highest BCUT2D eigenvalue weighted by molar-refractivity contribution is 5.91. The van der Waals surface area contributed by atoms with Crippen molar-refractivity contribution in [2.45, 2.75) is 0 Å². The first-order valence-electron chi connectivity index (χ1n) is 6.38. The Morgan fingerprint density at radius 2 is 1.57 bits per heavy atom. The minimum Gasteiger partial charge on any atom is -0.407 e. The smallest absolute Gasteiger partial charge is 0.407 e. The van der Waals surface area contributed by atoms with E-state index in [-0.39, 0.29) is 0 Å². The van der Waals surface area contributed by atoms with Crippen LogP contribution in [0.4, 0.5) is 10.5 Å². The first-order chi connectivity index (χ1) is 10.2. The standard InChI is InChI=1S/C16H12N2O3/c19-15(17-13-9-5-2-6-10-13)18-11-14(21-16(18)20)12-7-3-1-4-8-12/h1-11H,(H,17,19). The fourth-order valence-corrected chi connectivity index (χ4v) is 1.92. The van der Waals surface area contributed by atoms with Crippen LogP contribution in [0.1, 0.15) is 0 Å². The summed E-state index contributed by atoms with van der Waals surface area (Å²) in [7, 11) is 0. The number of benzene rings is 2. The highest BCUT2D eigenvalue weighted by Crippen LogP contribution is 2.17. The normalized spacial score (nSPS) is 10.3. The van der Waals surface area contributed by atoms with E-state index in [0.29, 0.717) is 11.4 Å². The van der Waals surface area contributed by atoms with Crippen molar-refractivity contribution in [2.24, 2.45) is 0 Å². The van der Waals surface area contributed by atoms with Gasteiger partial charge < -0.3 is 9.73 Å². The van der Waals surface area contributed by atoms with Gasteiger partial charge in [-0.05, 0) is 12.1 Å². The molecule has 0 saturated heterocycles. The number of carbonyl (C=O) groups excluding carboxylic acids is 1.